The second-order valence-electron chi connectivity index (χ2n) is 38.0. The van der Waals surface area contributed by atoms with Crippen molar-refractivity contribution in [2.75, 3.05) is 0 Å². The van der Waals surface area contributed by atoms with Crippen molar-refractivity contribution in [1.29, 1.82) is 0 Å². The fourth-order valence-electron chi connectivity index (χ4n) is 23.3. The van der Waals surface area contributed by atoms with Crippen molar-refractivity contribution in [3.05, 3.63) is 448 Å². The van der Waals surface area contributed by atoms with Crippen molar-refractivity contribution in [3.63, 3.8) is 0 Å². The molecule has 0 saturated heterocycles. The first-order chi connectivity index (χ1) is 71.7. The quantitative estimate of drug-likeness (QED) is 0.146. The highest BCUT2D eigenvalue weighted by Crippen LogP contribution is 2.55. The number of hydrogen-bond donors (Lipinski definition) is 0. The molecule has 32 rings (SSSR count). The van der Waals surface area contributed by atoms with E-state index < -0.39 is 0 Å². The largest absolute Gasteiger partial charge is 0.276 e. The lowest BCUT2D eigenvalue weighted by molar-refractivity contribution is 0.660. The number of thiophene rings is 3. The minimum Gasteiger partial charge on any atom is -0.276 e. The zero-order valence-electron chi connectivity index (χ0n) is 78.2. The van der Waals surface area contributed by atoms with E-state index in [0.717, 1.165) is 122 Å². The van der Waals surface area contributed by atoms with Crippen molar-refractivity contribution in [2.45, 2.75) is 19.3 Å². The Kier molecular flexibility index (Phi) is 18.5. The van der Waals surface area contributed by atoms with Gasteiger partial charge in [0.1, 0.15) is 33.6 Å². The molecule has 0 atom stereocenters. The normalized spacial score (nSPS) is 12.5. The van der Waals surface area contributed by atoms with Gasteiger partial charge in [-0.3, -0.25) is 28.7 Å². The third-order valence-electron chi connectivity index (χ3n) is 29.7. The van der Waals surface area contributed by atoms with E-state index in [9.17, 15) is 0 Å². The molecule has 1 aliphatic rings. The van der Waals surface area contributed by atoms with Crippen molar-refractivity contribution < 1.29 is 0 Å². The molecule has 12 aromatic heterocycles. The molecule has 12 nitrogen and oxygen atoms in total. The molecule has 0 spiro atoms. The van der Waals surface area contributed by atoms with Crippen LogP contribution < -0.4 is 0 Å². The molecule has 0 saturated carbocycles. The lowest BCUT2D eigenvalue weighted by Crippen LogP contribution is -2.15. The van der Waals surface area contributed by atoms with Crippen LogP contribution in [0.2, 0.25) is 0 Å². The molecule has 0 unspecified atom stereocenters. The van der Waals surface area contributed by atoms with Crippen LogP contribution in [0.15, 0.2) is 437 Å². The fraction of sp³-hybridized carbons (Fsp3) is 0.0231. The van der Waals surface area contributed by atoms with Gasteiger partial charge in [0.25, 0.3) is 0 Å². The van der Waals surface area contributed by atoms with E-state index in [-0.39, 0.29) is 5.41 Å². The number of rotatable bonds is 8. The maximum Gasteiger partial charge on any atom is 0.235 e. The molecule has 31 aromatic rings. The third-order valence-corrected chi connectivity index (χ3v) is 33.2. The van der Waals surface area contributed by atoms with Gasteiger partial charge in [0.2, 0.25) is 17.8 Å². The standard InChI is InChI=1S/C47H28N4S.C44H28N4S.C39H22N4S/c1-3-14-29(15-4-1)31-26-32(30-16-5-2-6-17-30)28-33(27-31)43-44-38(22-13-25-48-44)49-47(50-43)51-39-23-11-9-20-36(39)41-34-18-7-8-19-35(34)42-37-21-10-12-24-40(37)52-46(42)45(41)51;1-44(2)32-17-8-5-12-26(32)27-22-21-25(24-33(27)44)39-40-34(18-11-23-45-40)46-43(47-39)48-35-19-9-6-15-30(35)37-28-13-3-4-14-29(28)38-31-16-7-10-20-36(31)49-42(38)41(37)48;1-2-11-24-22-25(20-19-23(24)10-1)35-36-30(16-9-21-40-36)41-39(42-35)43-31-17-7-5-14-28(31)33-26-12-3-4-13-27(26)34-29-15-6-8-18-32(29)44-38(34)37(33)43/h1-28H;3-24H,1-2H3;1-22H. The Morgan fingerprint density at radius 1 is 0.214 bits per heavy atom. The minimum absolute atomic E-state index is 0.123. The van der Waals surface area contributed by atoms with E-state index in [1.807, 2.05) is 76.9 Å². The highest BCUT2D eigenvalue weighted by Gasteiger charge is 2.37. The fourth-order valence-corrected chi connectivity index (χ4v) is 27.1. The predicted molar refractivity (Wildman–Crippen MR) is 608 cm³/mol. The summed E-state index contributed by atoms with van der Waals surface area (Å²) in [5, 5.41) is 24.8. The number of fused-ring (bicyclic) bond motifs is 37. The van der Waals surface area contributed by atoms with Crippen LogP contribution >= 0.6 is 34.0 Å². The Labute approximate surface area is 840 Å². The molecule has 1 aliphatic carbocycles. The molecule has 0 bridgehead atoms. The second kappa shape index (κ2) is 32.4. The van der Waals surface area contributed by atoms with E-state index in [1.54, 1.807) is 0 Å². The van der Waals surface area contributed by atoms with Crippen molar-refractivity contribution >= 4 is 236 Å². The third kappa shape index (κ3) is 12.7. The molecule has 676 valence electrons. The zero-order chi connectivity index (χ0) is 95.4. The van der Waals surface area contributed by atoms with Gasteiger partial charge in [0.15, 0.2) is 0 Å². The van der Waals surface area contributed by atoms with Crippen LogP contribution in [-0.4, -0.2) is 58.6 Å². The first-order valence-corrected chi connectivity index (χ1v) is 51.3. The number of benzene rings is 19. The summed E-state index contributed by atoms with van der Waals surface area (Å²) in [5.74, 6) is 1.93. The van der Waals surface area contributed by atoms with Crippen LogP contribution in [-0.2, 0) is 5.41 Å². The highest BCUT2D eigenvalue weighted by molar-refractivity contribution is 7.28. The van der Waals surface area contributed by atoms with Gasteiger partial charge >= 0.3 is 0 Å². The van der Waals surface area contributed by atoms with E-state index >= 15 is 0 Å². The summed E-state index contributed by atoms with van der Waals surface area (Å²) in [6.45, 7) is 4.64. The number of hydrogen-bond acceptors (Lipinski definition) is 12. The van der Waals surface area contributed by atoms with Crippen molar-refractivity contribution in [3.8, 4) is 85.0 Å². The molecule has 0 aliphatic heterocycles. The summed E-state index contributed by atoms with van der Waals surface area (Å²) >= 11 is 5.54. The maximum atomic E-state index is 5.52. The maximum absolute atomic E-state index is 5.52. The van der Waals surface area contributed by atoms with E-state index in [4.69, 9.17) is 44.9 Å². The minimum atomic E-state index is -0.123. The van der Waals surface area contributed by atoms with Crippen molar-refractivity contribution in [2.24, 2.45) is 0 Å². The van der Waals surface area contributed by atoms with Gasteiger partial charge in [0.05, 0.1) is 63.8 Å². The molecule has 145 heavy (non-hydrogen) atoms. The van der Waals surface area contributed by atoms with E-state index in [2.05, 4.69) is 422 Å². The highest BCUT2D eigenvalue weighted by atomic mass is 32.1. The van der Waals surface area contributed by atoms with E-state index in [1.165, 1.54) is 158 Å². The molecule has 19 aromatic carbocycles. The number of nitrogens with zero attached hydrogens (tertiary/aromatic N) is 12. The van der Waals surface area contributed by atoms with Crippen LogP contribution in [0.1, 0.15) is 25.0 Å². The molecular weight excluding hydrogens is 1830 g/mol. The molecule has 0 N–H and O–H groups in total. The Balaban J connectivity index is 0.000000101. The van der Waals surface area contributed by atoms with Gasteiger partial charge < -0.3 is 0 Å². The predicted octanol–water partition coefficient (Wildman–Crippen LogP) is 34.7. The SMILES string of the molecule is CC1(C)c2ccccc2-c2ccc(-c3nc(-n4c5ccccc5c5c6ccccc6c6c7ccccc7sc6c54)nc4cccnc34)cc21.c1ccc(-c2cc(-c3ccccc3)cc(-c3nc(-n4c5ccccc5c5c6ccccc6c6c7ccccc7sc6c54)nc4cccnc34)c2)cc1.c1ccc2cc(-c3nc(-n4c5ccccc5c5c6ccccc6c6c7ccccc7sc6c54)nc4cccnc34)ccc2c1. The van der Waals surface area contributed by atoms with Gasteiger partial charge in [-0.1, -0.05) is 329 Å². The van der Waals surface area contributed by atoms with E-state index in [0.29, 0.717) is 17.8 Å². The number of aromatic nitrogens is 12. The van der Waals surface area contributed by atoms with Gasteiger partial charge in [-0.15, -0.1) is 34.0 Å². The Morgan fingerprint density at radius 2 is 0.531 bits per heavy atom. The Bertz CT molecular complexity index is 10900. The first kappa shape index (κ1) is 82.6. The van der Waals surface area contributed by atoms with Gasteiger partial charge in [-0.05, 0) is 191 Å². The van der Waals surface area contributed by atoms with Crippen LogP contribution in [0.3, 0.4) is 0 Å². The number of pyridine rings is 3. The topological polar surface area (TPSA) is 131 Å². The molecule has 12 heterocycles. The average Bonchev–Trinajstić information content (AvgIpc) is 1.54. The summed E-state index contributed by atoms with van der Waals surface area (Å²) < 4.78 is 14.4. The van der Waals surface area contributed by atoms with Crippen LogP contribution in [0.5, 0.6) is 0 Å². The average molecular weight is 1900 g/mol. The summed E-state index contributed by atoms with van der Waals surface area (Å²) in [7, 11) is 0. The van der Waals surface area contributed by atoms with Gasteiger partial charge in [-0.25, -0.2) is 29.9 Å². The number of para-hydroxylation sites is 3. The molecule has 15 heteroatoms. The zero-order valence-corrected chi connectivity index (χ0v) is 80.6. The lowest BCUT2D eigenvalue weighted by Gasteiger charge is -2.22. The summed E-state index contributed by atoms with van der Waals surface area (Å²) in [6.07, 6.45) is 5.50. The monoisotopic (exact) mass is 1900 g/mol. The molecule has 0 fully saturated rings. The smallest absolute Gasteiger partial charge is 0.235 e. The van der Waals surface area contributed by atoms with Crippen molar-refractivity contribution in [1.82, 2.24) is 58.6 Å². The summed E-state index contributed by atoms with van der Waals surface area (Å²) in [5.41, 5.74) is 26.7. The Hall–Kier alpha value is -18.3. The summed E-state index contributed by atoms with van der Waals surface area (Å²) in [6, 6.07) is 149. The van der Waals surface area contributed by atoms with Crippen LogP contribution in [0, 0.1) is 0 Å². The lowest BCUT2D eigenvalue weighted by atomic mass is 9.82. The molecular formula is C130H78N12S3. The molecule has 0 radical (unpaired) electrons. The Morgan fingerprint density at radius 3 is 0.952 bits per heavy atom. The van der Waals surface area contributed by atoms with Gasteiger partial charge in [0, 0.05) is 119 Å². The van der Waals surface area contributed by atoms with Crippen LogP contribution in [0.25, 0.3) is 287 Å². The molecule has 0 amide bonds. The summed E-state index contributed by atoms with van der Waals surface area (Å²) in [4.78, 5) is 46.6. The second-order valence-corrected chi connectivity index (χ2v) is 41.2. The first-order valence-electron chi connectivity index (χ1n) is 48.9. The van der Waals surface area contributed by atoms with Crippen LogP contribution in [0.4, 0.5) is 0 Å². The van der Waals surface area contributed by atoms with Gasteiger partial charge in [-0.2, -0.15) is 0 Å².